The lowest BCUT2D eigenvalue weighted by Gasteiger charge is -2.39. The van der Waals surface area contributed by atoms with E-state index in [0.29, 0.717) is 10.6 Å². The lowest BCUT2D eigenvalue weighted by molar-refractivity contribution is -0.137. The van der Waals surface area contributed by atoms with Crippen LogP contribution in [0.15, 0.2) is 36.4 Å². The van der Waals surface area contributed by atoms with Gasteiger partial charge in [-0.1, -0.05) is 51.1 Å². The van der Waals surface area contributed by atoms with Gasteiger partial charge in [-0.25, -0.2) is 4.79 Å². The first-order valence-corrected chi connectivity index (χ1v) is 10.5. The molecule has 0 aliphatic carbocycles. The highest BCUT2D eigenvalue weighted by Gasteiger charge is 2.40. The second-order valence-corrected chi connectivity index (χ2v) is 12.0. The molecule has 0 amide bonds. The van der Waals surface area contributed by atoms with Crippen LogP contribution in [0, 0.1) is 0 Å². The van der Waals surface area contributed by atoms with E-state index < -0.39 is 20.4 Å². The number of ether oxygens (including phenoxy) is 1. The smallest absolute Gasteiger partial charge is 0.336 e. The van der Waals surface area contributed by atoms with Crippen LogP contribution in [0.3, 0.4) is 0 Å². The van der Waals surface area contributed by atoms with Gasteiger partial charge in [0.1, 0.15) is 6.10 Å². The fourth-order valence-electron chi connectivity index (χ4n) is 1.69. The Hall–Kier alpha value is -1.10. The summed E-state index contributed by atoms with van der Waals surface area (Å²) in [5.74, 6) is -0.460. The van der Waals surface area contributed by atoms with Crippen LogP contribution in [0.2, 0.25) is 23.2 Å². The van der Waals surface area contributed by atoms with Gasteiger partial charge >= 0.3 is 5.97 Å². The minimum Gasteiger partial charge on any atom is -0.466 e. The van der Waals surface area contributed by atoms with Crippen molar-refractivity contribution in [2.75, 3.05) is 7.11 Å². The van der Waals surface area contributed by atoms with E-state index in [1.54, 1.807) is 12.1 Å². The van der Waals surface area contributed by atoms with E-state index >= 15 is 0 Å². The molecule has 1 aromatic carbocycles. The molecule has 1 atom stereocenters. The Bertz CT molecular complexity index is 544. The second-order valence-electron chi connectivity index (χ2n) is 6.83. The van der Waals surface area contributed by atoms with E-state index in [0.717, 1.165) is 5.56 Å². The summed E-state index contributed by atoms with van der Waals surface area (Å²) in [6.45, 7) is 14.6. The zero-order valence-corrected chi connectivity index (χ0v) is 16.0. The van der Waals surface area contributed by atoms with Gasteiger partial charge < -0.3 is 9.16 Å². The van der Waals surface area contributed by atoms with Gasteiger partial charge in [0, 0.05) is 5.02 Å². The highest BCUT2D eigenvalue weighted by atomic mass is 35.5. The number of methoxy groups -OCH3 is 1. The van der Waals surface area contributed by atoms with Crippen molar-refractivity contribution in [2.45, 2.75) is 45.0 Å². The van der Waals surface area contributed by atoms with Gasteiger partial charge in [0.15, 0.2) is 8.32 Å². The summed E-state index contributed by atoms with van der Waals surface area (Å²) in [6.07, 6.45) is -0.523. The molecule has 122 valence electrons. The first-order valence-electron chi connectivity index (χ1n) is 7.20. The Balaban J connectivity index is 3.20. The summed E-state index contributed by atoms with van der Waals surface area (Å²) < 4.78 is 11.2. The molecule has 0 heterocycles. The maximum atomic E-state index is 11.9. The van der Waals surface area contributed by atoms with Gasteiger partial charge in [0.25, 0.3) is 0 Å². The third kappa shape index (κ3) is 4.45. The summed E-state index contributed by atoms with van der Waals surface area (Å²) in [4.78, 5) is 11.9. The van der Waals surface area contributed by atoms with Crippen molar-refractivity contribution in [3.8, 4) is 0 Å². The van der Waals surface area contributed by atoms with Crippen LogP contribution < -0.4 is 0 Å². The molecule has 0 saturated carbocycles. The quantitative estimate of drug-likeness (QED) is 0.423. The molecular formula is C17H25ClO3Si. The van der Waals surface area contributed by atoms with Crippen molar-refractivity contribution >= 4 is 25.9 Å². The van der Waals surface area contributed by atoms with Gasteiger partial charge in [-0.05, 0) is 35.8 Å². The van der Waals surface area contributed by atoms with E-state index in [-0.39, 0.29) is 5.04 Å². The molecule has 1 aromatic rings. The third-order valence-electron chi connectivity index (χ3n) is 4.16. The van der Waals surface area contributed by atoms with Gasteiger partial charge in [-0.2, -0.15) is 0 Å². The van der Waals surface area contributed by atoms with Crippen LogP contribution in [0.5, 0.6) is 0 Å². The fraction of sp³-hybridized carbons (Fsp3) is 0.471. The second kappa shape index (κ2) is 6.98. The molecule has 1 unspecified atom stereocenters. The number of benzene rings is 1. The summed E-state index contributed by atoms with van der Waals surface area (Å²) >= 11 is 5.95. The van der Waals surface area contributed by atoms with Crippen molar-refractivity contribution in [3.63, 3.8) is 0 Å². The SMILES string of the molecule is C=C(C(=O)OC)C(O[Si](C)(C)C(C)(C)C)c1ccc(Cl)cc1. The molecule has 0 fully saturated rings. The van der Waals surface area contributed by atoms with Crippen LogP contribution in [0.1, 0.15) is 32.4 Å². The van der Waals surface area contributed by atoms with Gasteiger partial charge in [-0.15, -0.1) is 0 Å². The molecule has 22 heavy (non-hydrogen) atoms. The lowest BCUT2D eigenvalue weighted by atomic mass is 10.0. The first kappa shape index (κ1) is 18.9. The van der Waals surface area contributed by atoms with Crippen molar-refractivity contribution < 1.29 is 14.0 Å². The number of hydrogen-bond acceptors (Lipinski definition) is 3. The topological polar surface area (TPSA) is 35.5 Å². The van der Waals surface area contributed by atoms with Crippen LogP contribution in [-0.4, -0.2) is 21.4 Å². The lowest BCUT2D eigenvalue weighted by Crippen LogP contribution is -2.42. The molecular weight excluding hydrogens is 316 g/mol. The van der Waals surface area contributed by atoms with Crippen LogP contribution in [0.4, 0.5) is 0 Å². The highest BCUT2D eigenvalue weighted by Crippen LogP contribution is 2.41. The zero-order chi connectivity index (χ0) is 17.1. The summed E-state index contributed by atoms with van der Waals surface area (Å²) in [5, 5.41) is 0.659. The van der Waals surface area contributed by atoms with Crippen LogP contribution in [0.25, 0.3) is 0 Å². The van der Waals surface area contributed by atoms with Crippen molar-refractivity contribution in [2.24, 2.45) is 0 Å². The monoisotopic (exact) mass is 340 g/mol. The van der Waals surface area contributed by atoms with Gasteiger partial charge in [-0.3, -0.25) is 0 Å². The summed E-state index contributed by atoms with van der Waals surface area (Å²) in [6, 6.07) is 7.27. The maximum Gasteiger partial charge on any atom is 0.336 e. The highest BCUT2D eigenvalue weighted by molar-refractivity contribution is 6.74. The zero-order valence-electron chi connectivity index (χ0n) is 14.2. The minimum atomic E-state index is -2.09. The molecule has 0 saturated heterocycles. The Morgan fingerprint density at radius 2 is 1.73 bits per heavy atom. The van der Waals surface area contributed by atoms with E-state index in [4.69, 9.17) is 20.8 Å². The third-order valence-corrected chi connectivity index (χ3v) is 8.84. The summed E-state index contributed by atoms with van der Waals surface area (Å²) in [7, 11) is -0.741. The molecule has 0 spiro atoms. The van der Waals surface area contributed by atoms with Gasteiger partial charge in [0.05, 0.1) is 12.7 Å². The normalized spacial score (nSPS) is 13.6. The molecule has 0 N–H and O–H groups in total. The Kier molecular flexibility index (Phi) is 6.01. The number of rotatable bonds is 5. The number of hydrogen-bond donors (Lipinski definition) is 0. The number of esters is 1. The molecule has 0 aromatic heterocycles. The largest absolute Gasteiger partial charge is 0.466 e. The number of halogens is 1. The number of carbonyl (C=O) groups is 1. The average Bonchev–Trinajstić information content (AvgIpc) is 2.43. The Morgan fingerprint density at radius 1 is 1.23 bits per heavy atom. The molecule has 0 bridgehead atoms. The van der Waals surface area contributed by atoms with Crippen molar-refractivity contribution in [3.05, 3.63) is 47.0 Å². The van der Waals surface area contributed by atoms with E-state index in [1.807, 2.05) is 12.1 Å². The molecule has 0 aliphatic rings. The predicted octanol–water partition coefficient (Wildman–Crippen LogP) is 5.13. The van der Waals surface area contributed by atoms with E-state index in [1.165, 1.54) is 7.11 Å². The molecule has 0 radical (unpaired) electrons. The predicted molar refractivity (Wildman–Crippen MR) is 93.6 cm³/mol. The Morgan fingerprint density at radius 3 is 2.14 bits per heavy atom. The average molecular weight is 341 g/mol. The standard InChI is InChI=1S/C17H25ClO3Si/c1-12(16(19)20-5)15(13-8-10-14(18)11-9-13)21-22(6,7)17(2,3)4/h8-11,15H,1H2,2-7H3. The number of carbonyl (C=O) groups excluding carboxylic acids is 1. The molecule has 1 rings (SSSR count). The van der Waals surface area contributed by atoms with E-state index in [9.17, 15) is 4.79 Å². The maximum absolute atomic E-state index is 11.9. The molecule has 5 heteroatoms. The van der Waals surface area contributed by atoms with E-state index in [2.05, 4.69) is 40.4 Å². The Labute approximate surface area is 139 Å². The first-order chi connectivity index (χ1) is 9.99. The summed E-state index contributed by atoms with van der Waals surface area (Å²) in [5.41, 5.74) is 1.15. The fourth-order valence-corrected chi connectivity index (χ4v) is 3.03. The van der Waals surface area contributed by atoms with Gasteiger partial charge in [0.2, 0.25) is 0 Å². The minimum absolute atomic E-state index is 0.0219. The van der Waals surface area contributed by atoms with Crippen LogP contribution >= 0.6 is 11.6 Å². The molecule has 3 nitrogen and oxygen atoms in total. The van der Waals surface area contributed by atoms with Crippen molar-refractivity contribution in [1.29, 1.82) is 0 Å². The van der Waals surface area contributed by atoms with Crippen molar-refractivity contribution in [1.82, 2.24) is 0 Å². The van der Waals surface area contributed by atoms with Crippen LogP contribution in [-0.2, 0) is 14.0 Å². The molecule has 0 aliphatic heterocycles.